The number of nitrogens with zero attached hydrogens (tertiary/aromatic N) is 3. The fourth-order valence-corrected chi connectivity index (χ4v) is 3.67. The fourth-order valence-electron chi connectivity index (χ4n) is 3.67. The number of hydrogen-bond acceptors (Lipinski definition) is 4. The van der Waals surface area contributed by atoms with E-state index in [2.05, 4.69) is 4.98 Å². The van der Waals surface area contributed by atoms with E-state index in [0.717, 1.165) is 44.7 Å². The minimum atomic E-state index is -0.172. The first-order chi connectivity index (χ1) is 10.7. The van der Waals surface area contributed by atoms with Crippen LogP contribution in [0, 0.1) is 0 Å². The van der Waals surface area contributed by atoms with Gasteiger partial charge in [-0.3, -0.25) is 4.79 Å². The van der Waals surface area contributed by atoms with Crippen LogP contribution in [0.5, 0.6) is 0 Å². The number of ether oxygens (including phenoxy) is 2. The normalized spacial score (nSPS) is 28.5. The highest BCUT2D eigenvalue weighted by Crippen LogP contribution is 2.37. The summed E-state index contributed by atoms with van der Waals surface area (Å²) in [6, 6.07) is 0. The van der Waals surface area contributed by atoms with Crippen LogP contribution in [0.25, 0.3) is 0 Å². The Labute approximate surface area is 131 Å². The molecule has 6 heteroatoms. The zero-order valence-corrected chi connectivity index (χ0v) is 13.5. The first-order valence-corrected chi connectivity index (χ1v) is 8.13. The molecule has 2 aliphatic rings. The first-order valence-electron chi connectivity index (χ1n) is 8.13. The highest BCUT2D eigenvalue weighted by Gasteiger charge is 2.47. The van der Waals surface area contributed by atoms with Crippen LogP contribution in [0.3, 0.4) is 0 Å². The number of carbonyl (C=O) groups excluding carboxylic acids is 1. The largest absolute Gasteiger partial charge is 0.377 e. The van der Waals surface area contributed by atoms with Crippen LogP contribution >= 0.6 is 0 Å². The van der Waals surface area contributed by atoms with Gasteiger partial charge in [-0.05, 0) is 19.3 Å². The number of carbonyl (C=O) groups is 1. The van der Waals surface area contributed by atoms with Crippen LogP contribution in [-0.4, -0.2) is 58.9 Å². The van der Waals surface area contributed by atoms with Gasteiger partial charge < -0.3 is 18.9 Å². The van der Waals surface area contributed by atoms with Crippen molar-refractivity contribution in [2.24, 2.45) is 0 Å². The van der Waals surface area contributed by atoms with Crippen LogP contribution in [0.4, 0.5) is 0 Å². The predicted octanol–water partition coefficient (Wildman–Crippen LogP) is 1.24. The number of amides is 1. The lowest BCUT2D eigenvalue weighted by Gasteiger charge is -2.44. The molecule has 0 radical (unpaired) electrons. The quantitative estimate of drug-likeness (QED) is 0.840. The van der Waals surface area contributed by atoms with E-state index in [1.165, 1.54) is 0 Å². The summed E-state index contributed by atoms with van der Waals surface area (Å²) >= 11 is 0. The van der Waals surface area contributed by atoms with E-state index in [1.807, 2.05) is 22.6 Å². The zero-order valence-electron chi connectivity index (χ0n) is 13.5. The van der Waals surface area contributed by atoms with Crippen LogP contribution < -0.4 is 0 Å². The summed E-state index contributed by atoms with van der Waals surface area (Å²) in [6.07, 6.45) is 7.41. The highest BCUT2D eigenvalue weighted by molar-refractivity contribution is 5.76. The molecule has 2 atom stereocenters. The van der Waals surface area contributed by atoms with E-state index in [0.29, 0.717) is 13.1 Å². The second-order valence-electron chi connectivity index (χ2n) is 6.16. The van der Waals surface area contributed by atoms with Crippen molar-refractivity contribution in [3.05, 3.63) is 18.2 Å². The Morgan fingerprint density at radius 3 is 3.09 bits per heavy atom. The SMILES string of the molecule is CCc1nccn1CC(=O)N1CC[C@@]2(CCCO2)[C@@H](OC)C1. The third-order valence-corrected chi connectivity index (χ3v) is 4.97. The number of imidazole rings is 1. The Balaban J connectivity index is 1.65. The molecule has 2 fully saturated rings. The molecule has 3 heterocycles. The van der Waals surface area contributed by atoms with Crippen LogP contribution in [0.2, 0.25) is 0 Å². The van der Waals surface area contributed by atoms with Crippen molar-refractivity contribution in [3.8, 4) is 0 Å². The maximum atomic E-state index is 12.6. The van der Waals surface area contributed by atoms with Crippen molar-refractivity contribution in [1.29, 1.82) is 0 Å². The molecule has 3 rings (SSSR count). The van der Waals surface area contributed by atoms with Gasteiger partial charge >= 0.3 is 0 Å². The molecule has 1 aromatic heterocycles. The average Bonchev–Trinajstić information content (AvgIpc) is 3.17. The van der Waals surface area contributed by atoms with Crippen molar-refractivity contribution >= 4 is 5.91 Å². The van der Waals surface area contributed by atoms with Crippen molar-refractivity contribution in [2.75, 3.05) is 26.8 Å². The fraction of sp³-hybridized carbons (Fsp3) is 0.750. The standard InChI is InChI=1S/C16H25N3O3/c1-3-14-17-7-9-18(14)12-15(20)19-8-6-16(5-4-10-22-16)13(11-19)21-2/h7,9,13H,3-6,8,10-12H2,1-2H3/t13-,16-/m0/s1. The van der Waals surface area contributed by atoms with Crippen molar-refractivity contribution < 1.29 is 14.3 Å². The molecule has 1 spiro atoms. The number of aromatic nitrogens is 2. The summed E-state index contributed by atoms with van der Waals surface area (Å²) in [5.74, 6) is 1.08. The molecular formula is C16H25N3O3. The Hall–Kier alpha value is -1.40. The average molecular weight is 307 g/mol. The molecule has 0 aliphatic carbocycles. The van der Waals surface area contributed by atoms with Crippen molar-refractivity contribution in [3.63, 3.8) is 0 Å². The number of piperidine rings is 1. The smallest absolute Gasteiger partial charge is 0.242 e. The number of likely N-dealkylation sites (tertiary alicyclic amines) is 1. The molecule has 0 saturated carbocycles. The van der Waals surface area contributed by atoms with Gasteiger partial charge in [-0.1, -0.05) is 6.92 Å². The summed E-state index contributed by atoms with van der Waals surface area (Å²) in [6.45, 7) is 4.57. The minimum Gasteiger partial charge on any atom is -0.377 e. The molecule has 6 nitrogen and oxygen atoms in total. The van der Waals surface area contributed by atoms with Gasteiger partial charge in [0.05, 0.1) is 5.60 Å². The predicted molar refractivity (Wildman–Crippen MR) is 81.5 cm³/mol. The molecule has 22 heavy (non-hydrogen) atoms. The van der Waals surface area contributed by atoms with Gasteiger partial charge in [0, 0.05) is 45.6 Å². The van der Waals surface area contributed by atoms with Crippen molar-refractivity contribution in [1.82, 2.24) is 14.5 Å². The van der Waals surface area contributed by atoms with E-state index in [9.17, 15) is 4.79 Å². The Morgan fingerprint density at radius 1 is 1.55 bits per heavy atom. The highest BCUT2D eigenvalue weighted by atomic mass is 16.5. The third-order valence-electron chi connectivity index (χ3n) is 4.97. The van der Waals surface area contributed by atoms with Crippen molar-refractivity contribution in [2.45, 2.75) is 50.9 Å². The van der Waals surface area contributed by atoms with Gasteiger partial charge in [-0.2, -0.15) is 0 Å². The Morgan fingerprint density at radius 2 is 2.41 bits per heavy atom. The number of methoxy groups -OCH3 is 1. The summed E-state index contributed by atoms with van der Waals surface area (Å²) < 4.78 is 13.6. The molecule has 2 saturated heterocycles. The number of aryl methyl sites for hydroxylation is 1. The van der Waals surface area contributed by atoms with Gasteiger partial charge in [-0.25, -0.2) is 4.98 Å². The Kier molecular flexibility index (Phi) is 4.49. The molecule has 0 aromatic carbocycles. The maximum absolute atomic E-state index is 12.6. The summed E-state index contributed by atoms with van der Waals surface area (Å²) in [5.41, 5.74) is -0.172. The summed E-state index contributed by atoms with van der Waals surface area (Å²) in [5, 5.41) is 0. The lowest BCUT2D eigenvalue weighted by atomic mass is 9.86. The van der Waals surface area contributed by atoms with Crippen LogP contribution in [0.15, 0.2) is 12.4 Å². The molecule has 1 amide bonds. The monoisotopic (exact) mass is 307 g/mol. The molecule has 0 N–H and O–H groups in total. The van der Waals surface area contributed by atoms with Gasteiger partial charge in [0.15, 0.2) is 0 Å². The molecule has 2 aliphatic heterocycles. The summed E-state index contributed by atoms with van der Waals surface area (Å²) in [4.78, 5) is 18.8. The second kappa shape index (κ2) is 6.38. The van der Waals surface area contributed by atoms with E-state index < -0.39 is 0 Å². The molecular weight excluding hydrogens is 282 g/mol. The van der Waals surface area contributed by atoms with Crippen LogP contribution in [0.1, 0.15) is 32.0 Å². The molecule has 1 aromatic rings. The van der Waals surface area contributed by atoms with Gasteiger partial charge in [0.25, 0.3) is 0 Å². The minimum absolute atomic E-state index is 0.0267. The molecule has 0 bridgehead atoms. The van der Waals surface area contributed by atoms with E-state index in [-0.39, 0.29) is 17.6 Å². The topological polar surface area (TPSA) is 56.6 Å². The van der Waals surface area contributed by atoms with E-state index in [1.54, 1.807) is 13.3 Å². The molecule has 122 valence electrons. The first kappa shape index (κ1) is 15.5. The van der Waals surface area contributed by atoms with E-state index >= 15 is 0 Å². The third kappa shape index (κ3) is 2.77. The number of rotatable bonds is 4. The van der Waals surface area contributed by atoms with E-state index in [4.69, 9.17) is 9.47 Å². The number of hydrogen-bond donors (Lipinski definition) is 0. The van der Waals surface area contributed by atoms with Crippen LogP contribution in [-0.2, 0) is 27.2 Å². The lowest BCUT2D eigenvalue weighted by molar-refractivity contribution is -0.158. The van der Waals surface area contributed by atoms with Gasteiger partial charge in [0.2, 0.25) is 5.91 Å². The maximum Gasteiger partial charge on any atom is 0.242 e. The summed E-state index contributed by atoms with van der Waals surface area (Å²) in [7, 11) is 1.72. The molecule has 0 unspecified atom stereocenters. The zero-order chi connectivity index (χ0) is 15.6. The van der Waals surface area contributed by atoms with Gasteiger partial charge in [-0.15, -0.1) is 0 Å². The second-order valence-corrected chi connectivity index (χ2v) is 6.16. The Bertz CT molecular complexity index is 522. The van der Waals surface area contributed by atoms with Gasteiger partial charge in [0.1, 0.15) is 18.5 Å². The lowest BCUT2D eigenvalue weighted by Crippen LogP contribution is -2.57.